The van der Waals surface area contributed by atoms with Gasteiger partial charge in [-0.25, -0.2) is 9.58 Å². The summed E-state index contributed by atoms with van der Waals surface area (Å²) in [6, 6.07) is 12.3. The normalized spacial score (nSPS) is 15.2. The highest BCUT2D eigenvalue weighted by molar-refractivity contribution is 8.15. The van der Waals surface area contributed by atoms with E-state index in [0.717, 1.165) is 36.2 Å². The summed E-state index contributed by atoms with van der Waals surface area (Å²) in [5.74, 6) is -0.724. The van der Waals surface area contributed by atoms with Crippen molar-refractivity contribution in [1.29, 1.82) is 0 Å². The van der Waals surface area contributed by atoms with E-state index < -0.39 is 16.2 Å². The smallest absolute Gasteiger partial charge is 0.296 e. The van der Waals surface area contributed by atoms with Crippen LogP contribution in [0.4, 0.5) is 11.4 Å². The van der Waals surface area contributed by atoms with Crippen molar-refractivity contribution in [2.45, 2.75) is 6.92 Å². The number of benzene rings is 2. The van der Waals surface area contributed by atoms with E-state index in [0.29, 0.717) is 11.4 Å². The quantitative estimate of drug-likeness (QED) is 0.321. The molecule has 0 N–H and O–H groups in total. The number of non-ortho nitro benzene ring substituents is 1. The van der Waals surface area contributed by atoms with Crippen molar-refractivity contribution in [3.63, 3.8) is 0 Å². The topological polar surface area (TPSA) is 138 Å². The minimum Gasteiger partial charge on any atom is -0.872 e. The van der Waals surface area contributed by atoms with E-state index in [-0.39, 0.29) is 33.8 Å². The van der Waals surface area contributed by atoms with Crippen LogP contribution >= 0.6 is 11.8 Å². The van der Waals surface area contributed by atoms with Gasteiger partial charge in [-0.05, 0) is 24.6 Å². The SMILES string of the molecule is Cc1c(N2C(=O)CS/C2=N/N=C\c2cc([N+](=O)[O-])ccc2[O-])c(=O)n(-c2ccccc2)n1C. The Hall–Kier alpha value is -4.19. The van der Waals surface area contributed by atoms with Gasteiger partial charge in [-0.1, -0.05) is 41.8 Å². The fourth-order valence-corrected chi connectivity index (χ4v) is 4.17. The molecule has 0 aliphatic carbocycles. The molecular formula is C21H17N6O5S-. The zero-order valence-electron chi connectivity index (χ0n) is 17.5. The fourth-order valence-electron chi connectivity index (χ4n) is 3.36. The first-order valence-electron chi connectivity index (χ1n) is 9.66. The van der Waals surface area contributed by atoms with Crippen LogP contribution < -0.4 is 15.6 Å². The summed E-state index contributed by atoms with van der Waals surface area (Å²) in [6.07, 6.45) is 1.09. The van der Waals surface area contributed by atoms with Crippen molar-refractivity contribution in [1.82, 2.24) is 9.36 Å². The Morgan fingerprint density at radius 3 is 2.58 bits per heavy atom. The third-order valence-corrected chi connectivity index (χ3v) is 5.97. The third-order valence-electron chi connectivity index (χ3n) is 5.06. The van der Waals surface area contributed by atoms with Gasteiger partial charge in [0.25, 0.3) is 11.2 Å². The standard InChI is InChI=1S/C21H18N6O5S/c1-13-19(20(30)26(24(13)2)15-6-4-3-5-7-15)25-18(29)12-33-21(25)23-22-11-14-10-16(27(31)32)8-9-17(14)28/h3-11,28H,12H2,1-2H3/p-1/b22-11-,23-21+. The molecule has 1 aromatic heterocycles. The minimum absolute atomic E-state index is 0.0169. The van der Waals surface area contributed by atoms with Crippen LogP contribution in [0.5, 0.6) is 5.75 Å². The number of hydrogen-bond acceptors (Lipinski definition) is 8. The third kappa shape index (κ3) is 4.03. The molecule has 33 heavy (non-hydrogen) atoms. The number of nitro benzene ring substituents is 1. The van der Waals surface area contributed by atoms with Gasteiger partial charge >= 0.3 is 0 Å². The second kappa shape index (κ2) is 8.74. The Morgan fingerprint density at radius 2 is 1.88 bits per heavy atom. The van der Waals surface area contributed by atoms with Crippen LogP contribution in [0, 0.1) is 17.0 Å². The summed E-state index contributed by atoms with van der Waals surface area (Å²) in [7, 11) is 1.72. The van der Waals surface area contributed by atoms with Gasteiger partial charge in [0.05, 0.1) is 28.3 Å². The Bertz CT molecular complexity index is 1380. The van der Waals surface area contributed by atoms with Gasteiger partial charge in [0.2, 0.25) is 5.91 Å². The monoisotopic (exact) mass is 465 g/mol. The molecule has 0 spiro atoms. The molecule has 0 unspecified atom stereocenters. The summed E-state index contributed by atoms with van der Waals surface area (Å²) in [6.45, 7) is 1.72. The predicted molar refractivity (Wildman–Crippen MR) is 123 cm³/mol. The van der Waals surface area contributed by atoms with Crippen molar-refractivity contribution in [3.05, 3.63) is 80.3 Å². The molecule has 12 heteroatoms. The molecule has 0 saturated carbocycles. The molecule has 3 aromatic rings. The summed E-state index contributed by atoms with van der Waals surface area (Å²) in [5, 5.41) is 30.9. The van der Waals surface area contributed by atoms with E-state index in [9.17, 15) is 24.8 Å². The molecule has 1 fully saturated rings. The van der Waals surface area contributed by atoms with Crippen molar-refractivity contribution in [3.8, 4) is 11.4 Å². The number of carbonyl (C=O) groups is 1. The van der Waals surface area contributed by atoms with Crippen LogP contribution in [-0.4, -0.2) is 37.3 Å². The first kappa shape index (κ1) is 22.0. The number of nitrogens with zero attached hydrogens (tertiary/aromatic N) is 6. The molecule has 11 nitrogen and oxygen atoms in total. The van der Waals surface area contributed by atoms with Crippen LogP contribution in [0.2, 0.25) is 0 Å². The Kier molecular flexibility index (Phi) is 5.84. The number of thioether (sulfide) groups is 1. The second-order valence-electron chi connectivity index (χ2n) is 7.03. The number of anilines is 1. The molecule has 1 amide bonds. The Morgan fingerprint density at radius 1 is 1.15 bits per heavy atom. The highest BCUT2D eigenvalue weighted by Crippen LogP contribution is 2.28. The molecule has 4 rings (SSSR count). The van der Waals surface area contributed by atoms with Crippen molar-refractivity contribution in [2.24, 2.45) is 17.3 Å². The lowest BCUT2D eigenvalue weighted by molar-refractivity contribution is -0.385. The first-order chi connectivity index (χ1) is 15.8. The number of para-hydroxylation sites is 1. The van der Waals surface area contributed by atoms with E-state index in [1.807, 2.05) is 6.07 Å². The minimum atomic E-state index is -0.619. The van der Waals surface area contributed by atoms with Gasteiger partial charge in [0, 0.05) is 19.2 Å². The molecule has 1 saturated heterocycles. The number of carbonyl (C=O) groups excluding carboxylic acids is 1. The Labute approximate surface area is 191 Å². The lowest BCUT2D eigenvalue weighted by Crippen LogP contribution is -2.34. The number of hydrogen-bond donors (Lipinski definition) is 0. The number of rotatable bonds is 5. The summed E-state index contributed by atoms with van der Waals surface area (Å²) in [5.41, 5.74) is 0.689. The molecule has 2 heterocycles. The van der Waals surface area contributed by atoms with Crippen molar-refractivity contribution in [2.75, 3.05) is 10.7 Å². The molecular weight excluding hydrogens is 448 g/mol. The van der Waals surface area contributed by atoms with Crippen LogP contribution in [0.3, 0.4) is 0 Å². The van der Waals surface area contributed by atoms with Crippen molar-refractivity contribution >= 4 is 40.4 Å². The zero-order valence-corrected chi connectivity index (χ0v) is 18.4. The van der Waals surface area contributed by atoms with E-state index in [2.05, 4.69) is 10.2 Å². The largest absolute Gasteiger partial charge is 0.872 e. The molecule has 1 aliphatic heterocycles. The average molecular weight is 465 g/mol. The summed E-state index contributed by atoms with van der Waals surface area (Å²) >= 11 is 1.10. The maximum atomic E-state index is 13.3. The highest BCUT2D eigenvalue weighted by Gasteiger charge is 2.35. The van der Waals surface area contributed by atoms with Crippen LogP contribution in [0.25, 0.3) is 5.69 Å². The van der Waals surface area contributed by atoms with Gasteiger partial charge in [0.1, 0.15) is 5.69 Å². The predicted octanol–water partition coefficient (Wildman–Crippen LogP) is 1.94. The molecule has 168 valence electrons. The molecule has 0 bridgehead atoms. The Balaban J connectivity index is 1.72. The number of aromatic nitrogens is 2. The number of amides is 1. The molecule has 0 atom stereocenters. The average Bonchev–Trinajstić information content (AvgIpc) is 3.25. The van der Waals surface area contributed by atoms with Crippen LogP contribution in [0.1, 0.15) is 11.3 Å². The molecule has 1 aliphatic rings. The van der Waals surface area contributed by atoms with Gasteiger partial charge in [-0.15, -0.1) is 5.10 Å². The maximum Gasteiger partial charge on any atom is 0.296 e. The van der Waals surface area contributed by atoms with E-state index >= 15 is 0 Å². The number of amidine groups is 1. The van der Waals surface area contributed by atoms with Gasteiger partial charge < -0.3 is 5.11 Å². The van der Waals surface area contributed by atoms with Crippen LogP contribution in [-0.2, 0) is 11.8 Å². The van der Waals surface area contributed by atoms with E-state index in [1.165, 1.54) is 9.58 Å². The second-order valence-corrected chi connectivity index (χ2v) is 7.98. The summed E-state index contributed by atoms with van der Waals surface area (Å²) < 4.78 is 3.10. The van der Waals surface area contributed by atoms with Crippen LogP contribution in [0.15, 0.2) is 63.5 Å². The first-order valence-corrected chi connectivity index (χ1v) is 10.6. The molecule has 2 aromatic carbocycles. The van der Waals surface area contributed by atoms with Crippen molar-refractivity contribution < 1.29 is 14.8 Å². The fraction of sp³-hybridized carbons (Fsp3) is 0.143. The van der Waals surface area contributed by atoms with E-state index in [4.69, 9.17) is 0 Å². The lowest BCUT2D eigenvalue weighted by Gasteiger charge is -2.13. The highest BCUT2D eigenvalue weighted by atomic mass is 32.2. The lowest BCUT2D eigenvalue weighted by atomic mass is 10.2. The number of nitro groups is 1. The molecule has 0 radical (unpaired) electrons. The zero-order chi connectivity index (χ0) is 23.7. The van der Waals surface area contributed by atoms with E-state index in [1.54, 1.807) is 42.9 Å². The van der Waals surface area contributed by atoms with Gasteiger partial charge in [-0.3, -0.25) is 24.4 Å². The maximum absolute atomic E-state index is 13.3. The van der Waals surface area contributed by atoms with Gasteiger partial charge in [-0.2, -0.15) is 5.10 Å². The van der Waals surface area contributed by atoms with Gasteiger partial charge in [0.15, 0.2) is 5.17 Å². The summed E-state index contributed by atoms with van der Waals surface area (Å²) in [4.78, 5) is 37.4.